The molecule has 7 heteroatoms. The quantitative estimate of drug-likeness (QED) is 0.741. The fourth-order valence-corrected chi connectivity index (χ4v) is 5.46. The van der Waals surface area contributed by atoms with Gasteiger partial charge in [0, 0.05) is 29.8 Å². The Hall–Kier alpha value is -2.67. The molecule has 1 aliphatic carbocycles. The van der Waals surface area contributed by atoms with Crippen LogP contribution in [0.5, 0.6) is 0 Å². The van der Waals surface area contributed by atoms with E-state index in [4.69, 9.17) is 0 Å². The highest BCUT2D eigenvalue weighted by molar-refractivity contribution is 7.91. The molecule has 1 aliphatic heterocycles. The predicted octanol–water partition coefficient (Wildman–Crippen LogP) is 3.79. The van der Waals surface area contributed by atoms with Gasteiger partial charge in [-0.3, -0.25) is 9.59 Å². The smallest absolute Gasteiger partial charge is 0.230 e. The highest BCUT2D eigenvalue weighted by atomic mass is 32.2. The molecule has 0 radical (unpaired) electrons. The van der Waals surface area contributed by atoms with Crippen LogP contribution >= 0.6 is 0 Å². The van der Waals surface area contributed by atoms with E-state index in [1.165, 1.54) is 0 Å². The molecular weight excluding hydrogens is 412 g/mol. The lowest BCUT2D eigenvalue weighted by atomic mass is 10.1. The van der Waals surface area contributed by atoms with E-state index in [0.29, 0.717) is 12.1 Å². The number of carbonyl (C=O) groups excluding carboxylic acids is 2. The van der Waals surface area contributed by atoms with Gasteiger partial charge in [-0.25, -0.2) is 8.42 Å². The van der Waals surface area contributed by atoms with Crippen molar-refractivity contribution >= 4 is 33.0 Å². The average Bonchev–Trinajstić information content (AvgIpc) is 3.50. The summed E-state index contributed by atoms with van der Waals surface area (Å²) < 4.78 is 25.7. The number of anilines is 2. The fourth-order valence-electron chi connectivity index (χ4n) is 4.18. The molecule has 2 amide bonds. The SMILES string of the molecule is Cc1ccc(NC(=O)CCS(=O)(=O)c2ccc3c(c2)C[C@@H](C)N3C(=O)C2CC2)c(C)c1. The van der Waals surface area contributed by atoms with E-state index in [1.54, 1.807) is 18.2 Å². The molecule has 2 aromatic carbocycles. The van der Waals surface area contributed by atoms with E-state index in [-0.39, 0.29) is 40.8 Å². The molecule has 1 saturated carbocycles. The van der Waals surface area contributed by atoms with Crippen molar-refractivity contribution in [2.24, 2.45) is 5.92 Å². The number of hydrogen-bond donors (Lipinski definition) is 1. The first-order chi connectivity index (χ1) is 14.7. The molecule has 1 atom stereocenters. The van der Waals surface area contributed by atoms with E-state index in [9.17, 15) is 18.0 Å². The van der Waals surface area contributed by atoms with Crippen LogP contribution in [0, 0.1) is 19.8 Å². The Kier molecular flexibility index (Phi) is 5.64. The number of hydrogen-bond acceptors (Lipinski definition) is 4. The number of rotatable bonds is 6. The first-order valence-corrected chi connectivity index (χ1v) is 12.4. The normalized spacial score (nSPS) is 18.0. The van der Waals surface area contributed by atoms with E-state index >= 15 is 0 Å². The van der Waals surface area contributed by atoms with Crippen molar-refractivity contribution in [2.45, 2.75) is 57.4 Å². The van der Waals surface area contributed by atoms with Crippen molar-refractivity contribution < 1.29 is 18.0 Å². The number of nitrogens with one attached hydrogen (secondary N) is 1. The topological polar surface area (TPSA) is 83.6 Å². The van der Waals surface area contributed by atoms with Gasteiger partial charge in [-0.05, 0) is 75.4 Å². The van der Waals surface area contributed by atoms with Crippen molar-refractivity contribution in [1.29, 1.82) is 0 Å². The van der Waals surface area contributed by atoms with Crippen LogP contribution in [0.15, 0.2) is 41.3 Å². The predicted molar refractivity (Wildman–Crippen MR) is 121 cm³/mol. The summed E-state index contributed by atoms with van der Waals surface area (Å²) in [6.07, 6.45) is 2.40. The second-order valence-corrected chi connectivity index (χ2v) is 10.9. The minimum absolute atomic E-state index is 0.0320. The zero-order valence-corrected chi connectivity index (χ0v) is 19.0. The largest absolute Gasteiger partial charge is 0.326 e. The van der Waals surface area contributed by atoms with Gasteiger partial charge in [-0.15, -0.1) is 0 Å². The van der Waals surface area contributed by atoms with Crippen LogP contribution in [-0.4, -0.2) is 32.0 Å². The van der Waals surface area contributed by atoms with Crippen LogP contribution in [-0.2, 0) is 25.8 Å². The summed E-state index contributed by atoms with van der Waals surface area (Å²) in [4.78, 5) is 26.9. The number of aryl methyl sites for hydroxylation is 2. The van der Waals surface area contributed by atoms with Gasteiger partial charge in [0.1, 0.15) is 0 Å². The lowest BCUT2D eigenvalue weighted by molar-refractivity contribution is -0.120. The van der Waals surface area contributed by atoms with Gasteiger partial charge in [-0.2, -0.15) is 0 Å². The zero-order valence-electron chi connectivity index (χ0n) is 18.1. The van der Waals surface area contributed by atoms with Gasteiger partial charge >= 0.3 is 0 Å². The minimum Gasteiger partial charge on any atom is -0.326 e. The number of amides is 2. The van der Waals surface area contributed by atoms with Crippen LogP contribution in [0.25, 0.3) is 0 Å². The molecule has 6 nitrogen and oxygen atoms in total. The Bertz CT molecular complexity index is 1150. The van der Waals surface area contributed by atoms with Crippen molar-refractivity contribution in [3.05, 3.63) is 53.1 Å². The van der Waals surface area contributed by atoms with Gasteiger partial charge < -0.3 is 10.2 Å². The van der Waals surface area contributed by atoms with Crippen LogP contribution in [0.2, 0.25) is 0 Å². The Morgan fingerprint density at radius 3 is 2.52 bits per heavy atom. The first kappa shape index (κ1) is 21.6. The average molecular weight is 441 g/mol. The van der Waals surface area contributed by atoms with Gasteiger partial charge in [0.15, 0.2) is 9.84 Å². The Labute approximate surface area is 183 Å². The molecule has 31 heavy (non-hydrogen) atoms. The van der Waals surface area contributed by atoms with E-state index < -0.39 is 9.84 Å². The summed E-state index contributed by atoms with van der Waals surface area (Å²) in [5, 5.41) is 2.80. The third-order valence-electron chi connectivity index (χ3n) is 6.04. The standard InChI is InChI=1S/C24H28N2O4S/c1-15-4-8-21(16(2)12-15)25-23(27)10-11-31(29,30)20-7-9-22-19(14-20)13-17(3)26(22)24(28)18-5-6-18/h4,7-9,12,14,17-18H,5-6,10-11,13H2,1-3H3,(H,25,27)/t17-/m1/s1. The summed E-state index contributed by atoms with van der Waals surface area (Å²) >= 11 is 0. The summed E-state index contributed by atoms with van der Waals surface area (Å²) in [6, 6.07) is 10.7. The highest BCUT2D eigenvalue weighted by Gasteiger charge is 2.39. The third kappa shape index (κ3) is 4.51. The van der Waals surface area contributed by atoms with Crippen LogP contribution in [0.4, 0.5) is 11.4 Å². The van der Waals surface area contributed by atoms with Crippen LogP contribution in [0.1, 0.15) is 42.9 Å². The van der Waals surface area contributed by atoms with Gasteiger partial charge in [0.2, 0.25) is 11.8 Å². The molecule has 164 valence electrons. The minimum atomic E-state index is -3.61. The summed E-state index contributed by atoms with van der Waals surface area (Å²) in [5.74, 6) is -0.327. The maximum Gasteiger partial charge on any atom is 0.230 e. The number of carbonyl (C=O) groups is 2. The zero-order chi connectivity index (χ0) is 22.3. The molecule has 0 spiro atoms. The monoisotopic (exact) mass is 440 g/mol. The fraction of sp³-hybridized carbons (Fsp3) is 0.417. The summed E-state index contributed by atoms with van der Waals surface area (Å²) in [7, 11) is -3.61. The number of benzene rings is 2. The van der Waals surface area contributed by atoms with Crippen molar-refractivity contribution in [3.63, 3.8) is 0 Å². The molecule has 4 rings (SSSR count). The molecule has 2 aromatic rings. The molecule has 0 unspecified atom stereocenters. The highest BCUT2D eigenvalue weighted by Crippen LogP contribution is 2.39. The molecule has 1 fully saturated rings. The maximum absolute atomic E-state index is 12.9. The number of nitrogens with zero attached hydrogens (tertiary/aromatic N) is 1. The number of fused-ring (bicyclic) bond motifs is 1. The van der Waals surface area contributed by atoms with Gasteiger partial charge in [0.25, 0.3) is 0 Å². The summed E-state index contributed by atoms with van der Waals surface area (Å²) in [5.41, 5.74) is 4.42. The molecule has 1 N–H and O–H groups in total. The van der Waals surface area contributed by atoms with Crippen molar-refractivity contribution in [2.75, 3.05) is 16.0 Å². The lowest BCUT2D eigenvalue weighted by Crippen LogP contribution is -2.36. The summed E-state index contributed by atoms with van der Waals surface area (Å²) in [6.45, 7) is 5.87. The lowest BCUT2D eigenvalue weighted by Gasteiger charge is -2.22. The Morgan fingerprint density at radius 2 is 1.84 bits per heavy atom. The Morgan fingerprint density at radius 1 is 1.10 bits per heavy atom. The molecule has 2 aliphatic rings. The van der Waals surface area contributed by atoms with E-state index in [0.717, 1.165) is 35.2 Å². The second kappa shape index (κ2) is 8.11. The third-order valence-corrected chi connectivity index (χ3v) is 7.76. The molecule has 0 saturated heterocycles. The second-order valence-electron chi connectivity index (χ2n) is 8.76. The first-order valence-electron chi connectivity index (χ1n) is 10.7. The van der Waals surface area contributed by atoms with E-state index in [1.807, 2.05) is 43.9 Å². The number of sulfone groups is 1. The van der Waals surface area contributed by atoms with Crippen molar-refractivity contribution in [3.8, 4) is 0 Å². The van der Waals surface area contributed by atoms with Crippen LogP contribution in [0.3, 0.4) is 0 Å². The van der Waals surface area contributed by atoms with E-state index in [2.05, 4.69) is 5.32 Å². The molecular formula is C24H28N2O4S. The van der Waals surface area contributed by atoms with Crippen molar-refractivity contribution in [1.82, 2.24) is 0 Å². The van der Waals surface area contributed by atoms with Gasteiger partial charge in [0.05, 0.1) is 10.6 Å². The molecule has 0 aromatic heterocycles. The van der Waals surface area contributed by atoms with Crippen LogP contribution < -0.4 is 10.2 Å². The maximum atomic E-state index is 12.9. The van der Waals surface area contributed by atoms with Gasteiger partial charge in [-0.1, -0.05) is 17.7 Å². The molecule has 0 bridgehead atoms. The Balaban J connectivity index is 1.44. The molecule has 1 heterocycles.